The predicted octanol–water partition coefficient (Wildman–Crippen LogP) is 1.05. The molecular weight excluding hydrogens is 274 g/mol. The molecule has 0 aliphatic carbocycles. The lowest BCUT2D eigenvalue weighted by molar-refractivity contribution is -0.134. The summed E-state index contributed by atoms with van der Waals surface area (Å²) >= 11 is 1.69. The number of amides is 2. The van der Waals surface area contributed by atoms with Crippen LogP contribution in [-0.4, -0.2) is 48.0 Å². The van der Waals surface area contributed by atoms with Gasteiger partial charge in [-0.2, -0.15) is 0 Å². The van der Waals surface area contributed by atoms with Gasteiger partial charge < -0.3 is 10.2 Å². The van der Waals surface area contributed by atoms with Crippen molar-refractivity contribution in [2.45, 2.75) is 13.0 Å². The summed E-state index contributed by atoms with van der Waals surface area (Å²) in [5, 5.41) is 5.89. The van der Waals surface area contributed by atoms with Crippen molar-refractivity contribution in [3.8, 4) is 0 Å². The molecule has 1 aromatic rings. The quantitative estimate of drug-likeness (QED) is 0.871. The van der Waals surface area contributed by atoms with Gasteiger partial charge in [-0.15, -0.1) is 11.8 Å². The number of anilines is 1. The zero-order valence-corrected chi connectivity index (χ0v) is 12.5. The third-order valence-corrected chi connectivity index (χ3v) is 4.05. The molecule has 20 heavy (non-hydrogen) atoms. The second-order valence-electron chi connectivity index (χ2n) is 4.88. The average Bonchev–Trinajstić information content (AvgIpc) is 2.94. The minimum atomic E-state index is -0.185. The van der Waals surface area contributed by atoms with Gasteiger partial charge in [0.2, 0.25) is 11.8 Å². The van der Waals surface area contributed by atoms with Crippen LogP contribution in [0.25, 0.3) is 0 Å². The summed E-state index contributed by atoms with van der Waals surface area (Å²) in [4.78, 5) is 25.4. The zero-order valence-electron chi connectivity index (χ0n) is 11.7. The fraction of sp³-hybridized carbons (Fsp3) is 0.429. The SMILES string of the molecule is Cc1ccc(NC(=O)CN(C)C(=O)C2CSCN2)cc1. The summed E-state index contributed by atoms with van der Waals surface area (Å²) in [5.41, 5.74) is 1.89. The molecule has 1 aliphatic rings. The molecule has 1 aromatic carbocycles. The van der Waals surface area contributed by atoms with E-state index in [9.17, 15) is 9.59 Å². The van der Waals surface area contributed by atoms with Crippen molar-refractivity contribution in [3.63, 3.8) is 0 Å². The van der Waals surface area contributed by atoms with Crippen molar-refractivity contribution in [3.05, 3.63) is 29.8 Å². The molecule has 2 N–H and O–H groups in total. The summed E-state index contributed by atoms with van der Waals surface area (Å²) in [7, 11) is 1.65. The largest absolute Gasteiger partial charge is 0.335 e. The van der Waals surface area contributed by atoms with Crippen LogP contribution < -0.4 is 10.6 Å². The maximum Gasteiger partial charge on any atom is 0.243 e. The Morgan fingerprint density at radius 3 is 2.70 bits per heavy atom. The molecule has 0 aromatic heterocycles. The van der Waals surface area contributed by atoms with E-state index in [-0.39, 0.29) is 24.4 Å². The van der Waals surface area contributed by atoms with Crippen LogP contribution in [0.4, 0.5) is 5.69 Å². The maximum absolute atomic E-state index is 12.0. The van der Waals surface area contributed by atoms with Crippen LogP contribution in [-0.2, 0) is 9.59 Å². The monoisotopic (exact) mass is 293 g/mol. The zero-order chi connectivity index (χ0) is 14.5. The van der Waals surface area contributed by atoms with Crippen molar-refractivity contribution >= 4 is 29.3 Å². The van der Waals surface area contributed by atoms with E-state index in [1.807, 2.05) is 31.2 Å². The van der Waals surface area contributed by atoms with Gasteiger partial charge in [0.15, 0.2) is 0 Å². The van der Waals surface area contributed by atoms with Gasteiger partial charge in [0.1, 0.15) is 0 Å². The van der Waals surface area contributed by atoms with E-state index in [1.165, 1.54) is 4.90 Å². The van der Waals surface area contributed by atoms with E-state index in [1.54, 1.807) is 18.8 Å². The molecule has 0 bridgehead atoms. The number of aryl methyl sites for hydroxylation is 1. The maximum atomic E-state index is 12.0. The molecule has 1 fully saturated rings. The second-order valence-corrected chi connectivity index (χ2v) is 5.91. The summed E-state index contributed by atoms with van der Waals surface area (Å²) < 4.78 is 0. The van der Waals surface area contributed by atoms with Crippen LogP contribution in [0.5, 0.6) is 0 Å². The van der Waals surface area contributed by atoms with Crippen molar-refractivity contribution in [2.24, 2.45) is 0 Å². The number of rotatable bonds is 4. The highest BCUT2D eigenvalue weighted by atomic mass is 32.2. The average molecular weight is 293 g/mol. The van der Waals surface area contributed by atoms with Crippen molar-refractivity contribution in [1.29, 1.82) is 0 Å². The fourth-order valence-corrected chi connectivity index (χ4v) is 2.88. The lowest BCUT2D eigenvalue weighted by atomic mass is 10.2. The molecule has 1 heterocycles. The molecule has 1 saturated heterocycles. The lowest BCUT2D eigenvalue weighted by Crippen LogP contribution is -2.45. The Bertz CT molecular complexity index is 484. The fourth-order valence-electron chi connectivity index (χ4n) is 1.95. The van der Waals surface area contributed by atoms with Gasteiger partial charge in [-0.05, 0) is 19.1 Å². The van der Waals surface area contributed by atoms with E-state index < -0.39 is 0 Å². The molecule has 1 unspecified atom stereocenters. The Hall–Kier alpha value is -1.53. The van der Waals surface area contributed by atoms with Gasteiger partial charge in [0, 0.05) is 24.4 Å². The molecule has 6 heteroatoms. The second kappa shape index (κ2) is 6.76. The van der Waals surface area contributed by atoms with E-state index in [0.29, 0.717) is 0 Å². The number of nitrogens with one attached hydrogen (secondary N) is 2. The van der Waals surface area contributed by atoms with Gasteiger partial charge in [0.25, 0.3) is 0 Å². The van der Waals surface area contributed by atoms with Crippen molar-refractivity contribution in [1.82, 2.24) is 10.2 Å². The number of nitrogens with zero attached hydrogens (tertiary/aromatic N) is 1. The predicted molar refractivity (Wildman–Crippen MR) is 81.7 cm³/mol. The van der Waals surface area contributed by atoms with Crippen LogP contribution in [0.3, 0.4) is 0 Å². The molecule has 2 amide bonds. The Labute approximate surface area is 123 Å². The number of carbonyl (C=O) groups is 2. The molecule has 1 atom stereocenters. The van der Waals surface area contributed by atoms with Crippen LogP contribution >= 0.6 is 11.8 Å². The van der Waals surface area contributed by atoms with Gasteiger partial charge in [-0.3, -0.25) is 14.9 Å². The van der Waals surface area contributed by atoms with Gasteiger partial charge in [0.05, 0.1) is 12.6 Å². The first-order chi connectivity index (χ1) is 9.56. The Morgan fingerprint density at radius 1 is 1.40 bits per heavy atom. The van der Waals surface area contributed by atoms with Gasteiger partial charge in [-0.25, -0.2) is 0 Å². The van der Waals surface area contributed by atoms with Gasteiger partial charge in [-0.1, -0.05) is 17.7 Å². The Balaban J connectivity index is 1.84. The van der Waals surface area contributed by atoms with E-state index in [0.717, 1.165) is 22.9 Å². The molecule has 0 radical (unpaired) electrons. The first kappa shape index (κ1) is 14.9. The van der Waals surface area contributed by atoms with Crippen molar-refractivity contribution in [2.75, 3.05) is 30.5 Å². The number of benzene rings is 1. The highest BCUT2D eigenvalue weighted by Gasteiger charge is 2.26. The Kier molecular flexibility index (Phi) is 5.03. The third kappa shape index (κ3) is 3.98. The van der Waals surface area contributed by atoms with E-state index >= 15 is 0 Å². The highest BCUT2D eigenvalue weighted by molar-refractivity contribution is 7.99. The van der Waals surface area contributed by atoms with Crippen LogP contribution in [0, 0.1) is 6.92 Å². The topological polar surface area (TPSA) is 61.4 Å². The van der Waals surface area contributed by atoms with Crippen LogP contribution in [0.15, 0.2) is 24.3 Å². The van der Waals surface area contributed by atoms with Crippen molar-refractivity contribution < 1.29 is 9.59 Å². The number of likely N-dealkylation sites (N-methyl/N-ethyl adjacent to an activating group) is 1. The summed E-state index contributed by atoms with van der Waals surface area (Å²) in [6.07, 6.45) is 0. The lowest BCUT2D eigenvalue weighted by Gasteiger charge is -2.20. The third-order valence-electron chi connectivity index (χ3n) is 3.11. The smallest absolute Gasteiger partial charge is 0.243 e. The number of carbonyl (C=O) groups excluding carboxylic acids is 2. The first-order valence-electron chi connectivity index (χ1n) is 6.49. The molecule has 2 rings (SSSR count). The first-order valence-corrected chi connectivity index (χ1v) is 7.64. The minimum absolute atomic E-state index is 0.0333. The molecule has 0 spiro atoms. The Morgan fingerprint density at radius 2 is 2.10 bits per heavy atom. The standard InChI is InChI=1S/C14H19N3O2S/c1-10-3-5-11(6-4-10)16-13(18)7-17(2)14(19)12-8-20-9-15-12/h3-6,12,15H,7-9H2,1-2H3,(H,16,18). The molecule has 0 saturated carbocycles. The molecular formula is C14H19N3O2S. The number of thioether (sulfide) groups is 1. The van der Waals surface area contributed by atoms with Crippen LogP contribution in [0.2, 0.25) is 0 Å². The summed E-state index contributed by atoms with van der Waals surface area (Å²) in [6.45, 7) is 2.06. The van der Waals surface area contributed by atoms with E-state index in [2.05, 4.69) is 10.6 Å². The van der Waals surface area contributed by atoms with E-state index in [4.69, 9.17) is 0 Å². The molecule has 108 valence electrons. The molecule has 1 aliphatic heterocycles. The van der Waals surface area contributed by atoms with Crippen LogP contribution in [0.1, 0.15) is 5.56 Å². The number of hydrogen-bond acceptors (Lipinski definition) is 4. The summed E-state index contributed by atoms with van der Waals surface area (Å²) in [6, 6.07) is 7.40. The molecule has 5 nitrogen and oxygen atoms in total. The minimum Gasteiger partial charge on any atom is -0.335 e. The summed E-state index contributed by atoms with van der Waals surface area (Å²) in [5.74, 6) is 1.34. The number of hydrogen-bond donors (Lipinski definition) is 2. The highest BCUT2D eigenvalue weighted by Crippen LogP contribution is 2.12. The van der Waals surface area contributed by atoms with Gasteiger partial charge >= 0.3 is 0 Å². The normalized spacial score (nSPS) is 17.8.